The molecule has 0 unspecified atom stereocenters. The Morgan fingerprint density at radius 1 is 1.35 bits per heavy atom. The summed E-state index contributed by atoms with van der Waals surface area (Å²) in [5.41, 5.74) is 2.53. The fraction of sp³-hybridized carbons (Fsp3) is 0.118. The number of aromatic nitrogens is 2. The van der Waals surface area contributed by atoms with Crippen LogP contribution in [0, 0.1) is 0 Å². The molecular formula is C17H13BrN2O3. The first-order chi connectivity index (χ1) is 11.1. The van der Waals surface area contributed by atoms with Crippen molar-refractivity contribution in [1.82, 2.24) is 9.55 Å². The van der Waals surface area contributed by atoms with Crippen LogP contribution >= 0.6 is 15.9 Å². The van der Waals surface area contributed by atoms with Gasteiger partial charge >= 0.3 is 5.97 Å². The van der Waals surface area contributed by atoms with Crippen molar-refractivity contribution in [2.24, 2.45) is 0 Å². The van der Waals surface area contributed by atoms with Crippen molar-refractivity contribution in [3.63, 3.8) is 0 Å². The molecule has 116 valence electrons. The highest BCUT2D eigenvalue weighted by Crippen LogP contribution is 2.25. The first kappa shape index (κ1) is 15.4. The third-order valence-electron chi connectivity index (χ3n) is 3.42. The van der Waals surface area contributed by atoms with Gasteiger partial charge in [0.2, 0.25) is 0 Å². The molecule has 0 atom stereocenters. The Morgan fingerprint density at radius 3 is 2.74 bits per heavy atom. The summed E-state index contributed by atoms with van der Waals surface area (Å²) in [5, 5.41) is 0.767. The van der Waals surface area contributed by atoms with Gasteiger partial charge in [-0.05, 0) is 53.2 Å². The fourth-order valence-electron chi connectivity index (χ4n) is 2.37. The Morgan fingerprint density at radius 2 is 2.09 bits per heavy atom. The molecule has 1 aromatic carbocycles. The van der Waals surface area contributed by atoms with E-state index in [0.29, 0.717) is 23.4 Å². The SMILES string of the molecule is CCOC(=O)c1ccc(-n2cc(C=O)c3cc(Br)cnc32)cc1. The number of carbonyl (C=O) groups is 2. The molecule has 0 aliphatic carbocycles. The van der Waals surface area contributed by atoms with Gasteiger partial charge in [0.15, 0.2) is 6.29 Å². The third kappa shape index (κ3) is 2.90. The number of nitrogens with zero attached hydrogens (tertiary/aromatic N) is 2. The molecule has 0 N–H and O–H groups in total. The van der Waals surface area contributed by atoms with E-state index in [1.807, 2.05) is 10.6 Å². The van der Waals surface area contributed by atoms with Gasteiger partial charge in [0.05, 0.1) is 12.2 Å². The zero-order valence-electron chi connectivity index (χ0n) is 12.3. The molecule has 0 bridgehead atoms. The molecule has 0 amide bonds. The molecule has 0 aliphatic rings. The number of aldehydes is 1. The minimum absolute atomic E-state index is 0.338. The van der Waals surface area contributed by atoms with Gasteiger partial charge in [-0.1, -0.05) is 0 Å². The first-order valence-corrected chi connectivity index (χ1v) is 7.82. The summed E-state index contributed by atoms with van der Waals surface area (Å²) >= 11 is 3.36. The van der Waals surface area contributed by atoms with Crippen LogP contribution < -0.4 is 0 Å². The highest BCUT2D eigenvalue weighted by Gasteiger charge is 2.12. The smallest absolute Gasteiger partial charge is 0.338 e. The van der Waals surface area contributed by atoms with E-state index in [1.165, 1.54) is 0 Å². The molecule has 23 heavy (non-hydrogen) atoms. The normalized spacial score (nSPS) is 10.7. The first-order valence-electron chi connectivity index (χ1n) is 7.03. The number of fused-ring (bicyclic) bond motifs is 1. The van der Waals surface area contributed by atoms with Crippen LogP contribution in [0.3, 0.4) is 0 Å². The lowest BCUT2D eigenvalue weighted by molar-refractivity contribution is 0.0526. The fourth-order valence-corrected chi connectivity index (χ4v) is 2.70. The van der Waals surface area contributed by atoms with E-state index in [1.54, 1.807) is 43.6 Å². The summed E-state index contributed by atoms with van der Waals surface area (Å²) in [4.78, 5) is 27.4. The van der Waals surface area contributed by atoms with Crippen LogP contribution in [0.5, 0.6) is 0 Å². The van der Waals surface area contributed by atoms with E-state index >= 15 is 0 Å². The Hall–Kier alpha value is -2.47. The second-order valence-electron chi connectivity index (χ2n) is 4.86. The monoisotopic (exact) mass is 372 g/mol. The van der Waals surface area contributed by atoms with Gasteiger partial charge in [-0.25, -0.2) is 9.78 Å². The summed E-state index contributed by atoms with van der Waals surface area (Å²) in [6.07, 6.45) is 4.22. The van der Waals surface area contributed by atoms with Crippen molar-refractivity contribution in [1.29, 1.82) is 0 Å². The number of ether oxygens (including phenoxy) is 1. The number of benzene rings is 1. The van der Waals surface area contributed by atoms with Crippen molar-refractivity contribution in [3.05, 3.63) is 58.3 Å². The predicted octanol–water partition coefficient (Wildman–Crippen LogP) is 3.78. The molecule has 2 aromatic heterocycles. The molecule has 6 heteroatoms. The van der Waals surface area contributed by atoms with E-state index in [-0.39, 0.29) is 5.97 Å². The van der Waals surface area contributed by atoms with Crippen molar-refractivity contribution in [3.8, 4) is 5.69 Å². The lowest BCUT2D eigenvalue weighted by Crippen LogP contribution is -2.04. The number of hydrogen-bond acceptors (Lipinski definition) is 4. The Labute approximate surface area is 141 Å². The molecule has 3 aromatic rings. The van der Waals surface area contributed by atoms with E-state index in [9.17, 15) is 9.59 Å². The van der Waals surface area contributed by atoms with E-state index < -0.39 is 0 Å². The third-order valence-corrected chi connectivity index (χ3v) is 3.86. The lowest BCUT2D eigenvalue weighted by atomic mass is 10.2. The van der Waals surface area contributed by atoms with Gasteiger partial charge in [-0.3, -0.25) is 4.79 Å². The summed E-state index contributed by atoms with van der Waals surface area (Å²) in [5.74, 6) is -0.355. The molecule has 0 radical (unpaired) electrons. The number of pyridine rings is 1. The van der Waals surface area contributed by atoms with Crippen LogP contribution in [0.4, 0.5) is 0 Å². The molecule has 0 spiro atoms. The summed E-state index contributed by atoms with van der Waals surface area (Å²) < 4.78 is 7.60. The average Bonchev–Trinajstić information content (AvgIpc) is 2.93. The van der Waals surface area contributed by atoms with Gasteiger partial charge < -0.3 is 9.30 Å². The Bertz CT molecular complexity index is 885. The maximum Gasteiger partial charge on any atom is 0.338 e. The molecular weight excluding hydrogens is 360 g/mol. The van der Waals surface area contributed by atoms with Crippen LogP contribution in [0.2, 0.25) is 0 Å². The quantitative estimate of drug-likeness (QED) is 0.516. The maximum atomic E-state index is 11.7. The lowest BCUT2D eigenvalue weighted by Gasteiger charge is -2.06. The summed E-state index contributed by atoms with van der Waals surface area (Å²) in [6, 6.07) is 8.83. The molecule has 2 heterocycles. The number of esters is 1. The molecule has 0 aliphatic heterocycles. The zero-order chi connectivity index (χ0) is 16.4. The number of carbonyl (C=O) groups excluding carboxylic acids is 2. The molecule has 5 nitrogen and oxygen atoms in total. The average molecular weight is 373 g/mol. The topological polar surface area (TPSA) is 61.2 Å². The Kier molecular flexibility index (Phi) is 4.25. The van der Waals surface area contributed by atoms with Crippen molar-refractivity contribution < 1.29 is 14.3 Å². The second-order valence-corrected chi connectivity index (χ2v) is 5.78. The van der Waals surface area contributed by atoms with Crippen molar-refractivity contribution >= 4 is 39.2 Å². The van der Waals surface area contributed by atoms with Gasteiger partial charge in [-0.2, -0.15) is 0 Å². The minimum Gasteiger partial charge on any atom is -0.462 e. The van der Waals surface area contributed by atoms with E-state index in [4.69, 9.17) is 4.74 Å². The summed E-state index contributed by atoms with van der Waals surface area (Å²) in [6.45, 7) is 2.10. The van der Waals surface area contributed by atoms with Gasteiger partial charge in [0.1, 0.15) is 5.65 Å². The zero-order valence-corrected chi connectivity index (χ0v) is 13.9. The summed E-state index contributed by atoms with van der Waals surface area (Å²) in [7, 11) is 0. The maximum absolute atomic E-state index is 11.7. The molecule has 0 saturated heterocycles. The standard InChI is InChI=1S/C17H13BrN2O3/c1-2-23-17(22)11-3-5-14(6-4-11)20-9-12(10-21)15-7-13(18)8-19-16(15)20/h3-10H,2H2,1H3. The van der Waals surface area contributed by atoms with Crippen LogP contribution in [0.15, 0.2) is 47.2 Å². The Balaban J connectivity index is 2.07. The number of rotatable bonds is 4. The minimum atomic E-state index is -0.355. The van der Waals surface area contributed by atoms with Gasteiger partial charge in [-0.15, -0.1) is 0 Å². The number of hydrogen-bond donors (Lipinski definition) is 0. The highest BCUT2D eigenvalue weighted by atomic mass is 79.9. The van der Waals surface area contributed by atoms with E-state index in [2.05, 4.69) is 20.9 Å². The van der Waals surface area contributed by atoms with Crippen LogP contribution in [-0.4, -0.2) is 28.4 Å². The van der Waals surface area contributed by atoms with Crippen molar-refractivity contribution in [2.45, 2.75) is 6.92 Å². The molecule has 3 rings (SSSR count). The van der Waals surface area contributed by atoms with Gasteiger partial charge in [0.25, 0.3) is 0 Å². The van der Waals surface area contributed by atoms with Crippen molar-refractivity contribution in [2.75, 3.05) is 6.61 Å². The van der Waals surface area contributed by atoms with Gasteiger partial charge in [0, 0.05) is 33.5 Å². The molecule has 0 fully saturated rings. The van der Waals surface area contributed by atoms with Crippen LogP contribution in [0.25, 0.3) is 16.7 Å². The van der Waals surface area contributed by atoms with Crippen LogP contribution in [-0.2, 0) is 4.74 Å². The van der Waals surface area contributed by atoms with E-state index in [0.717, 1.165) is 21.8 Å². The molecule has 0 saturated carbocycles. The number of halogens is 1. The largest absolute Gasteiger partial charge is 0.462 e. The highest BCUT2D eigenvalue weighted by molar-refractivity contribution is 9.10. The second kappa shape index (κ2) is 6.34. The predicted molar refractivity (Wildman–Crippen MR) is 90.1 cm³/mol. The van der Waals surface area contributed by atoms with Crippen LogP contribution in [0.1, 0.15) is 27.6 Å².